The minimum absolute atomic E-state index is 0.239. The van der Waals surface area contributed by atoms with Crippen molar-refractivity contribution in [1.82, 2.24) is 4.98 Å². The van der Waals surface area contributed by atoms with Crippen LogP contribution in [0.3, 0.4) is 0 Å². The summed E-state index contributed by atoms with van der Waals surface area (Å²) in [4.78, 5) is 16.4. The Hall–Kier alpha value is -3.36. The highest BCUT2D eigenvalue weighted by atomic mass is 79.9. The maximum Gasteiger partial charge on any atom is 0.248 e. The predicted octanol–water partition coefficient (Wildman–Crippen LogP) is 4.90. The van der Waals surface area contributed by atoms with Crippen molar-refractivity contribution in [3.8, 4) is 17.6 Å². The van der Waals surface area contributed by atoms with Gasteiger partial charge in [0.05, 0.1) is 7.11 Å². The molecule has 0 saturated carbocycles. The fourth-order valence-corrected chi connectivity index (χ4v) is 2.81. The first-order valence-electron chi connectivity index (χ1n) is 8.50. The second kappa shape index (κ2) is 9.54. The number of pyridine rings is 1. The molecule has 1 heterocycles. The van der Waals surface area contributed by atoms with Gasteiger partial charge in [0, 0.05) is 33.6 Å². The quantitative estimate of drug-likeness (QED) is 0.470. The number of benzene rings is 2. The van der Waals surface area contributed by atoms with Crippen LogP contribution in [0.1, 0.15) is 16.8 Å². The van der Waals surface area contributed by atoms with Crippen LogP contribution in [0.4, 0.5) is 5.69 Å². The maximum absolute atomic E-state index is 12.3. The zero-order valence-electron chi connectivity index (χ0n) is 15.1. The van der Waals surface area contributed by atoms with Gasteiger partial charge in [0.25, 0.3) is 0 Å². The lowest BCUT2D eigenvalue weighted by atomic mass is 10.1. The molecule has 0 fully saturated rings. The molecule has 1 N–H and O–H groups in total. The fourth-order valence-electron chi connectivity index (χ4n) is 2.43. The molecule has 0 radical (unpaired) electrons. The predicted molar refractivity (Wildman–Crippen MR) is 115 cm³/mol. The Balaban J connectivity index is 1.70. The highest BCUT2D eigenvalue weighted by molar-refractivity contribution is 9.10. The molecular weight excluding hydrogens is 416 g/mol. The molecule has 138 valence electrons. The fraction of sp³-hybridized carbons (Fsp3) is 0.0435. The van der Waals surface area contributed by atoms with Crippen molar-refractivity contribution in [1.29, 1.82) is 0 Å². The number of aromatic nitrogens is 1. The summed E-state index contributed by atoms with van der Waals surface area (Å²) in [6.45, 7) is 0. The molecule has 0 saturated heterocycles. The molecule has 0 unspecified atom stereocenters. The summed E-state index contributed by atoms with van der Waals surface area (Å²) in [6.07, 6.45) is 4.88. The van der Waals surface area contributed by atoms with Gasteiger partial charge in [-0.3, -0.25) is 4.79 Å². The Morgan fingerprint density at radius 2 is 2.00 bits per heavy atom. The molecule has 28 heavy (non-hydrogen) atoms. The molecule has 1 amide bonds. The van der Waals surface area contributed by atoms with Crippen LogP contribution in [-0.2, 0) is 4.79 Å². The third-order valence-electron chi connectivity index (χ3n) is 3.74. The van der Waals surface area contributed by atoms with Gasteiger partial charge in [0.1, 0.15) is 11.4 Å². The molecule has 0 spiro atoms. The summed E-state index contributed by atoms with van der Waals surface area (Å²) in [6, 6.07) is 18.6. The molecule has 5 heteroatoms. The van der Waals surface area contributed by atoms with E-state index >= 15 is 0 Å². The largest absolute Gasteiger partial charge is 0.496 e. The number of hydrogen-bond acceptors (Lipinski definition) is 3. The summed E-state index contributed by atoms with van der Waals surface area (Å²) < 4.78 is 6.22. The summed E-state index contributed by atoms with van der Waals surface area (Å²) in [5.74, 6) is 6.50. The molecule has 3 aromatic rings. The Morgan fingerprint density at radius 1 is 1.11 bits per heavy atom. The molecule has 0 bridgehead atoms. The van der Waals surface area contributed by atoms with E-state index in [4.69, 9.17) is 4.74 Å². The average Bonchev–Trinajstić information content (AvgIpc) is 2.72. The molecule has 4 nitrogen and oxygen atoms in total. The third kappa shape index (κ3) is 5.57. The number of methoxy groups -OCH3 is 1. The normalized spacial score (nSPS) is 10.2. The molecule has 1 aromatic heterocycles. The Bertz CT molecular complexity index is 1070. The van der Waals surface area contributed by atoms with Gasteiger partial charge in [-0.1, -0.05) is 34.0 Å². The molecule has 0 atom stereocenters. The first-order valence-corrected chi connectivity index (χ1v) is 9.29. The van der Waals surface area contributed by atoms with Crippen LogP contribution in [0.15, 0.2) is 77.4 Å². The van der Waals surface area contributed by atoms with Crippen LogP contribution in [-0.4, -0.2) is 18.0 Å². The molecule has 0 aliphatic heterocycles. The standard InChI is InChI=1S/C23H17BrN2O2/c1-28-22-12-10-19(24)16-18(22)9-13-23(27)26-21-7-4-5-17(15-21)8-11-20-6-2-3-14-25-20/h2-7,9-10,12-16H,1H3,(H,26,27)/b13-9+. The molecule has 2 aromatic carbocycles. The molecule has 0 aliphatic rings. The number of rotatable bonds is 4. The van der Waals surface area contributed by atoms with Crippen LogP contribution in [0.25, 0.3) is 6.08 Å². The first-order chi connectivity index (χ1) is 13.6. The van der Waals surface area contributed by atoms with Gasteiger partial charge >= 0.3 is 0 Å². The number of nitrogens with one attached hydrogen (secondary N) is 1. The first kappa shape index (κ1) is 19.4. The van der Waals surface area contributed by atoms with Crippen LogP contribution in [0.2, 0.25) is 0 Å². The number of carbonyl (C=O) groups excluding carboxylic acids is 1. The Kier molecular flexibility index (Phi) is 6.61. The SMILES string of the molecule is COc1ccc(Br)cc1/C=C/C(=O)Nc1cccc(C#Cc2ccccn2)c1. The van der Waals surface area contributed by atoms with Crippen molar-refractivity contribution in [3.05, 3.63) is 94.2 Å². The van der Waals surface area contributed by atoms with Crippen molar-refractivity contribution in [2.24, 2.45) is 0 Å². The lowest BCUT2D eigenvalue weighted by Gasteiger charge is -2.05. The maximum atomic E-state index is 12.3. The van der Waals surface area contributed by atoms with Crippen molar-refractivity contribution in [2.75, 3.05) is 12.4 Å². The van der Waals surface area contributed by atoms with Crippen molar-refractivity contribution in [3.63, 3.8) is 0 Å². The van der Waals surface area contributed by atoms with Gasteiger partial charge in [-0.2, -0.15) is 0 Å². The number of amides is 1. The lowest BCUT2D eigenvalue weighted by Crippen LogP contribution is -2.07. The number of halogens is 1. The average molecular weight is 433 g/mol. The van der Waals surface area contributed by atoms with Crippen molar-refractivity contribution < 1.29 is 9.53 Å². The molecular formula is C23H17BrN2O2. The Morgan fingerprint density at radius 3 is 2.79 bits per heavy atom. The van der Waals surface area contributed by atoms with E-state index in [1.165, 1.54) is 6.08 Å². The van der Waals surface area contributed by atoms with E-state index in [0.29, 0.717) is 17.1 Å². The van der Waals surface area contributed by atoms with Gasteiger partial charge in [-0.15, -0.1) is 0 Å². The highest BCUT2D eigenvalue weighted by Gasteiger charge is 2.03. The van der Waals surface area contributed by atoms with Crippen LogP contribution in [0.5, 0.6) is 5.75 Å². The summed E-state index contributed by atoms with van der Waals surface area (Å²) in [7, 11) is 1.60. The third-order valence-corrected chi connectivity index (χ3v) is 4.23. The van der Waals surface area contributed by atoms with E-state index in [9.17, 15) is 4.79 Å². The second-order valence-electron chi connectivity index (χ2n) is 5.75. The van der Waals surface area contributed by atoms with Crippen LogP contribution in [0, 0.1) is 11.8 Å². The zero-order chi connectivity index (χ0) is 19.8. The number of anilines is 1. The zero-order valence-corrected chi connectivity index (χ0v) is 16.7. The topological polar surface area (TPSA) is 51.2 Å². The monoisotopic (exact) mass is 432 g/mol. The number of hydrogen-bond donors (Lipinski definition) is 1. The van der Waals surface area contributed by atoms with Crippen molar-refractivity contribution >= 4 is 33.6 Å². The van der Waals surface area contributed by atoms with Gasteiger partial charge in [-0.25, -0.2) is 4.98 Å². The van der Waals surface area contributed by atoms with Gasteiger partial charge in [0.2, 0.25) is 5.91 Å². The van der Waals surface area contributed by atoms with E-state index in [-0.39, 0.29) is 5.91 Å². The number of carbonyl (C=O) groups is 1. The minimum Gasteiger partial charge on any atom is -0.496 e. The van der Waals surface area contributed by atoms with Gasteiger partial charge < -0.3 is 10.1 Å². The smallest absolute Gasteiger partial charge is 0.248 e. The van der Waals surface area contributed by atoms with E-state index < -0.39 is 0 Å². The Labute approximate surface area is 172 Å². The van der Waals surface area contributed by atoms with Crippen LogP contribution < -0.4 is 10.1 Å². The number of ether oxygens (including phenoxy) is 1. The summed E-state index contributed by atoms with van der Waals surface area (Å²) in [5, 5.41) is 2.84. The van der Waals surface area contributed by atoms with E-state index in [2.05, 4.69) is 38.1 Å². The van der Waals surface area contributed by atoms with Gasteiger partial charge in [0.15, 0.2) is 0 Å². The number of nitrogens with zero attached hydrogens (tertiary/aromatic N) is 1. The molecule has 0 aliphatic carbocycles. The van der Waals surface area contributed by atoms with E-state index in [1.807, 2.05) is 60.7 Å². The van der Waals surface area contributed by atoms with Crippen LogP contribution >= 0.6 is 15.9 Å². The van der Waals surface area contributed by atoms with E-state index in [0.717, 1.165) is 15.6 Å². The second-order valence-corrected chi connectivity index (χ2v) is 6.67. The van der Waals surface area contributed by atoms with E-state index in [1.54, 1.807) is 19.4 Å². The molecule has 3 rings (SSSR count). The summed E-state index contributed by atoms with van der Waals surface area (Å²) in [5.41, 5.74) is 2.97. The highest BCUT2D eigenvalue weighted by Crippen LogP contribution is 2.24. The lowest BCUT2D eigenvalue weighted by molar-refractivity contribution is -0.111. The van der Waals surface area contributed by atoms with Crippen molar-refractivity contribution in [2.45, 2.75) is 0 Å². The van der Waals surface area contributed by atoms with Gasteiger partial charge in [-0.05, 0) is 60.5 Å². The summed E-state index contributed by atoms with van der Waals surface area (Å²) >= 11 is 3.42. The minimum atomic E-state index is -0.239.